The summed E-state index contributed by atoms with van der Waals surface area (Å²) in [6.07, 6.45) is 12.0. The molecule has 9 heteroatoms. The summed E-state index contributed by atoms with van der Waals surface area (Å²) in [5, 5.41) is 12.9. The summed E-state index contributed by atoms with van der Waals surface area (Å²) in [6, 6.07) is 66.7. The van der Waals surface area contributed by atoms with Crippen molar-refractivity contribution in [2.75, 3.05) is 26.2 Å². The summed E-state index contributed by atoms with van der Waals surface area (Å²) in [4.78, 5) is 21.1. The first-order valence-electron chi connectivity index (χ1n) is 24.4. The van der Waals surface area contributed by atoms with Gasteiger partial charge in [-0.25, -0.2) is 0 Å². The van der Waals surface area contributed by atoms with E-state index in [1.165, 1.54) is 84.7 Å². The summed E-state index contributed by atoms with van der Waals surface area (Å²) in [5.41, 5.74) is 13.3. The molecule has 2 aliphatic rings. The van der Waals surface area contributed by atoms with Crippen LogP contribution in [-0.4, -0.2) is 97.7 Å². The van der Waals surface area contributed by atoms with Crippen molar-refractivity contribution in [2.24, 2.45) is 5.73 Å². The number of Topliss-reactive ketones (excluding diaryl/α,β-unsaturated/α-hetero) is 1. The predicted molar refractivity (Wildman–Crippen MR) is 293 cm³/mol. The number of hydrogen-bond donors (Lipinski definition) is 3. The molecule has 6 aromatic rings. The molecule has 0 unspecified atom stereocenters. The Kier molecular flexibility index (Phi) is 27.0. The van der Waals surface area contributed by atoms with Gasteiger partial charge in [0.2, 0.25) is 0 Å². The van der Waals surface area contributed by atoms with Crippen LogP contribution in [-0.2, 0) is 18.2 Å². The van der Waals surface area contributed by atoms with E-state index in [0.29, 0.717) is 41.0 Å². The first-order chi connectivity index (χ1) is 33.5. The van der Waals surface area contributed by atoms with Crippen molar-refractivity contribution in [1.29, 1.82) is 0 Å². The Hall–Kier alpha value is -3.54. The van der Waals surface area contributed by atoms with Crippen molar-refractivity contribution in [3.63, 3.8) is 0 Å². The van der Waals surface area contributed by atoms with Gasteiger partial charge in [-0.1, -0.05) is 51.4 Å². The molecule has 4 N–H and O–H groups in total. The number of primary amides is 1. The molecule has 0 radical (unpaired) electrons. The fourth-order valence-corrected chi connectivity index (χ4v) is 16.5. The second-order valence-electron chi connectivity index (χ2n) is 16.9. The van der Waals surface area contributed by atoms with Crippen molar-refractivity contribution >= 4 is 71.5 Å². The molecule has 0 spiro atoms. The Balaban J connectivity index is 0.000000308. The number of rotatable bonds is 24. The molecule has 0 aliphatic heterocycles. The molecule has 6 aromatic carbocycles. The molecule has 0 heterocycles. The van der Waals surface area contributed by atoms with Crippen molar-refractivity contribution in [3.8, 4) is 0 Å². The van der Waals surface area contributed by atoms with E-state index in [1.807, 2.05) is 0 Å². The van der Waals surface area contributed by atoms with Gasteiger partial charge in [-0.3, -0.25) is 0 Å². The van der Waals surface area contributed by atoms with E-state index in [2.05, 4.69) is 193 Å². The number of nitrogens with two attached hydrogens (primary N) is 1. The fourth-order valence-electron chi connectivity index (χ4n) is 7.52. The van der Waals surface area contributed by atoms with Crippen molar-refractivity contribution in [2.45, 2.75) is 98.8 Å². The van der Waals surface area contributed by atoms with Gasteiger partial charge in [-0.15, -0.1) is 0 Å². The van der Waals surface area contributed by atoms with Gasteiger partial charge in [0.15, 0.2) is 0 Å². The molecule has 5 nitrogen and oxygen atoms in total. The van der Waals surface area contributed by atoms with E-state index in [9.17, 15) is 9.59 Å². The third-order valence-corrected chi connectivity index (χ3v) is 22.5. The molecule has 0 saturated heterocycles. The van der Waals surface area contributed by atoms with Crippen LogP contribution in [0.15, 0.2) is 182 Å². The standard InChI is InChI=1S/C42H39NSe2.C9H18N2O2Se2.2C4H8/c1-7-19-35(20-8-1)41(36-21-9-2-10-22-36,37-23-11-3-12-24-37)44-33-31-43-32-34-45-42(38-25-13-4-14-26-38,39-27-15-5-16-28-39)40-29-17-6-18-30-40;1-8(12)6-14-4-2-11-3-5-15-7-9(10)13;2*1-2-4-3-1/h1-30,43H,31-34H2;11H,2-7H2,1H3,(H2,10,13);2*1-4H2. The first-order valence-corrected chi connectivity index (χ1v) is 33.4. The molecule has 0 aromatic heterocycles. The monoisotopic (exact) mass is 1180 g/mol. The normalized spacial score (nSPS) is 12.8. The van der Waals surface area contributed by atoms with Gasteiger partial charge >= 0.3 is 386 Å². The predicted octanol–water partition coefficient (Wildman–Crippen LogP) is 11.7. The minimum absolute atomic E-state index is 0.133. The zero-order valence-electron chi connectivity index (χ0n) is 40.1. The van der Waals surface area contributed by atoms with Crippen LogP contribution in [0.3, 0.4) is 0 Å². The second kappa shape index (κ2) is 33.1. The Morgan fingerprint density at radius 1 is 0.397 bits per heavy atom. The Morgan fingerprint density at radius 2 is 0.632 bits per heavy atom. The number of ketones is 1. The molecular formula is C59H73N3O2Se4. The second-order valence-corrected chi connectivity index (χ2v) is 27.0. The number of nitrogens with one attached hydrogen (secondary N) is 2. The van der Waals surface area contributed by atoms with Gasteiger partial charge in [0, 0.05) is 0 Å². The zero-order valence-corrected chi connectivity index (χ0v) is 46.9. The third kappa shape index (κ3) is 18.7. The van der Waals surface area contributed by atoms with E-state index in [1.54, 1.807) is 6.92 Å². The maximum atomic E-state index is 10.6. The van der Waals surface area contributed by atoms with Crippen LogP contribution in [0.1, 0.15) is 91.7 Å². The van der Waals surface area contributed by atoms with E-state index < -0.39 is 0 Å². The van der Waals surface area contributed by atoms with Crippen molar-refractivity contribution in [3.05, 3.63) is 215 Å². The quantitative estimate of drug-likeness (QED) is 0.0320. The molecule has 360 valence electrons. The Bertz CT molecular complexity index is 1850. The van der Waals surface area contributed by atoms with E-state index in [0.717, 1.165) is 52.8 Å². The number of benzene rings is 6. The van der Waals surface area contributed by atoms with Crippen molar-refractivity contribution < 1.29 is 9.59 Å². The van der Waals surface area contributed by atoms with E-state index in [-0.39, 0.29) is 44.4 Å². The molecule has 1 amide bonds. The number of amides is 1. The van der Waals surface area contributed by atoms with Gasteiger partial charge in [0.05, 0.1) is 0 Å². The van der Waals surface area contributed by atoms with E-state index in [4.69, 9.17) is 5.73 Å². The average molecular weight is 1170 g/mol. The van der Waals surface area contributed by atoms with Crippen LogP contribution >= 0.6 is 0 Å². The molecular weight excluding hydrogens is 1100 g/mol. The molecule has 68 heavy (non-hydrogen) atoms. The average Bonchev–Trinajstić information content (AvgIpc) is 3.34. The number of hydrogen-bond acceptors (Lipinski definition) is 4. The summed E-state index contributed by atoms with van der Waals surface area (Å²) in [5.74, 6) is 0.0968. The summed E-state index contributed by atoms with van der Waals surface area (Å²) in [6.45, 7) is 5.61. The molecule has 0 bridgehead atoms. The topological polar surface area (TPSA) is 84.2 Å². The van der Waals surface area contributed by atoms with Crippen LogP contribution < -0.4 is 16.4 Å². The molecule has 2 aliphatic carbocycles. The minimum atomic E-state index is -0.195. The van der Waals surface area contributed by atoms with Crippen LogP contribution in [0.4, 0.5) is 0 Å². The molecule has 2 saturated carbocycles. The van der Waals surface area contributed by atoms with Gasteiger partial charge in [0.25, 0.3) is 0 Å². The van der Waals surface area contributed by atoms with E-state index >= 15 is 0 Å². The SMILES string of the molecule is C1CCC1.C1CCC1.CC(=O)C[Se]CCNCC[Se]CC(N)=O.c1ccc(C([Se]CCNCC[Se]C(c2ccccc2)(c2ccccc2)c2ccccc2)(c2ccccc2)c2ccccc2)cc1. The summed E-state index contributed by atoms with van der Waals surface area (Å²) < 4.78 is -0.267. The molecule has 2 fully saturated rings. The Morgan fingerprint density at radius 3 is 0.853 bits per heavy atom. The maximum absolute atomic E-state index is 10.6. The van der Waals surface area contributed by atoms with Crippen LogP contribution in [0, 0.1) is 0 Å². The molecule has 0 atom stereocenters. The Labute approximate surface area is 434 Å². The van der Waals surface area contributed by atoms with Gasteiger partial charge in [-0.05, 0) is 0 Å². The van der Waals surface area contributed by atoms with Gasteiger partial charge in [-0.2, -0.15) is 0 Å². The fraction of sp³-hybridized carbons (Fsp3) is 0.356. The van der Waals surface area contributed by atoms with Crippen LogP contribution in [0.25, 0.3) is 0 Å². The third-order valence-electron chi connectivity index (χ3n) is 11.7. The number of carbonyl (C=O) groups is 2. The molecule has 8 rings (SSSR count). The first kappa shape index (κ1) is 55.4. The van der Waals surface area contributed by atoms with Crippen LogP contribution in [0.5, 0.6) is 0 Å². The number of carbonyl (C=O) groups excluding carboxylic acids is 2. The summed E-state index contributed by atoms with van der Waals surface area (Å²) >= 11 is 1.38. The van der Waals surface area contributed by atoms with Crippen molar-refractivity contribution in [1.82, 2.24) is 10.6 Å². The zero-order chi connectivity index (χ0) is 47.8. The van der Waals surface area contributed by atoms with Gasteiger partial charge in [0.1, 0.15) is 0 Å². The van der Waals surface area contributed by atoms with Gasteiger partial charge < -0.3 is 0 Å². The summed E-state index contributed by atoms with van der Waals surface area (Å²) in [7, 11) is 0. The van der Waals surface area contributed by atoms with Crippen LogP contribution in [0.2, 0.25) is 31.9 Å².